The van der Waals surface area contributed by atoms with Crippen LogP contribution in [-0.2, 0) is 4.79 Å². The molecule has 1 rings (SSSR count). The molecule has 4 heteroatoms. The molecule has 88 valence electrons. The summed E-state index contributed by atoms with van der Waals surface area (Å²) in [7, 11) is 2.17. The summed E-state index contributed by atoms with van der Waals surface area (Å²) in [6, 6.07) is 1.27. The van der Waals surface area contributed by atoms with E-state index >= 15 is 0 Å². The van der Waals surface area contributed by atoms with Crippen LogP contribution in [0.25, 0.3) is 0 Å². The molecule has 0 aliphatic carbocycles. The van der Waals surface area contributed by atoms with Crippen LogP contribution in [-0.4, -0.2) is 43.0 Å². The van der Waals surface area contributed by atoms with Crippen LogP contribution in [0.5, 0.6) is 0 Å². The minimum Gasteiger partial charge on any atom is -0.370 e. The lowest BCUT2D eigenvalue weighted by atomic mass is 9.99. The van der Waals surface area contributed by atoms with Crippen LogP contribution in [0.2, 0.25) is 0 Å². The maximum atomic E-state index is 10.5. The van der Waals surface area contributed by atoms with Gasteiger partial charge in [0.15, 0.2) is 0 Å². The number of rotatable bonds is 5. The lowest BCUT2D eigenvalue weighted by Gasteiger charge is -2.35. The highest BCUT2D eigenvalue weighted by atomic mass is 16.1. The molecular formula is C11H23N3O. The van der Waals surface area contributed by atoms with Crippen molar-refractivity contribution in [3.05, 3.63) is 0 Å². The van der Waals surface area contributed by atoms with Crippen LogP contribution in [0.3, 0.4) is 0 Å². The normalized spacial score (nSPS) is 27.9. The Morgan fingerprint density at radius 1 is 1.60 bits per heavy atom. The molecule has 3 N–H and O–H groups in total. The average Bonchev–Trinajstić information content (AvgIpc) is 2.18. The largest absolute Gasteiger partial charge is 0.370 e. The van der Waals surface area contributed by atoms with Crippen LogP contribution < -0.4 is 11.1 Å². The van der Waals surface area contributed by atoms with Gasteiger partial charge in [-0.25, -0.2) is 0 Å². The highest BCUT2D eigenvalue weighted by molar-refractivity contribution is 5.73. The summed E-state index contributed by atoms with van der Waals surface area (Å²) in [4.78, 5) is 12.9. The predicted molar refractivity (Wildman–Crippen MR) is 61.5 cm³/mol. The maximum Gasteiger partial charge on any atom is 0.217 e. The molecule has 0 radical (unpaired) electrons. The second kappa shape index (κ2) is 6.08. The van der Waals surface area contributed by atoms with Crippen molar-refractivity contribution < 1.29 is 4.79 Å². The lowest BCUT2D eigenvalue weighted by molar-refractivity contribution is -0.118. The van der Waals surface area contributed by atoms with Crippen molar-refractivity contribution in [1.29, 1.82) is 0 Å². The monoisotopic (exact) mass is 213 g/mol. The van der Waals surface area contributed by atoms with Gasteiger partial charge in [0, 0.05) is 18.5 Å². The summed E-state index contributed by atoms with van der Waals surface area (Å²) < 4.78 is 0. The molecule has 1 heterocycles. The summed E-state index contributed by atoms with van der Waals surface area (Å²) in [6.07, 6.45) is 3.76. The number of primary amides is 1. The van der Waals surface area contributed by atoms with Gasteiger partial charge in [-0.05, 0) is 46.3 Å². The number of piperidine rings is 1. The Morgan fingerprint density at radius 2 is 2.33 bits per heavy atom. The van der Waals surface area contributed by atoms with Gasteiger partial charge in [-0.15, -0.1) is 0 Å². The molecule has 1 aliphatic heterocycles. The van der Waals surface area contributed by atoms with E-state index < -0.39 is 0 Å². The Labute approximate surface area is 92.2 Å². The second-order valence-corrected chi connectivity index (χ2v) is 4.57. The first kappa shape index (κ1) is 12.5. The number of carbonyl (C=O) groups is 1. The number of amides is 1. The zero-order valence-corrected chi connectivity index (χ0v) is 9.83. The van der Waals surface area contributed by atoms with Gasteiger partial charge < -0.3 is 16.0 Å². The molecular weight excluding hydrogens is 190 g/mol. The molecule has 2 atom stereocenters. The van der Waals surface area contributed by atoms with Crippen molar-refractivity contribution >= 4 is 5.91 Å². The summed E-state index contributed by atoms with van der Waals surface area (Å²) in [5.41, 5.74) is 5.08. The molecule has 1 aliphatic rings. The van der Waals surface area contributed by atoms with E-state index in [9.17, 15) is 4.79 Å². The fraction of sp³-hybridized carbons (Fsp3) is 0.909. The number of nitrogens with one attached hydrogen (secondary N) is 1. The van der Waals surface area contributed by atoms with E-state index in [4.69, 9.17) is 5.73 Å². The van der Waals surface area contributed by atoms with Gasteiger partial charge in [-0.1, -0.05) is 0 Å². The molecule has 0 spiro atoms. The Bertz CT molecular complexity index is 208. The Kier molecular flexibility index (Phi) is 5.05. The van der Waals surface area contributed by atoms with Crippen molar-refractivity contribution in [3.8, 4) is 0 Å². The summed E-state index contributed by atoms with van der Waals surface area (Å²) >= 11 is 0. The smallest absolute Gasteiger partial charge is 0.217 e. The molecule has 0 bridgehead atoms. The SMILES string of the molecule is CC1CC(NCCCC(N)=O)CCN1C. The number of carbonyl (C=O) groups excluding carboxylic acids is 1. The van der Waals surface area contributed by atoms with Gasteiger partial charge in [0.2, 0.25) is 5.91 Å². The average molecular weight is 213 g/mol. The van der Waals surface area contributed by atoms with Gasteiger partial charge >= 0.3 is 0 Å². The molecule has 1 saturated heterocycles. The van der Waals surface area contributed by atoms with E-state index in [2.05, 4.69) is 24.2 Å². The van der Waals surface area contributed by atoms with E-state index in [1.165, 1.54) is 12.8 Å². The molecule has 0 aromatic carbocycles. The van der Waals surface area contributed by atoms with Crippen molar-refractivity contribution in [2.75, 3.05) is 20.1 Å². The zero-order valence-electron chi connectivity index (χ0n) is 9.83. The van der Waals surface area contributed by atoms with Crippen LogP contribution in [0.1, 0.15) is 32.6 Å². The lowest BCUT2D eigenvalue weighted by Crippen LogP contribution is -2.45. The van der Waals surface area contributed by atoms with E-state index in [0.29, 0.717) is 18.5 Å². The number of hydrogen-bond donors (Lipinski definition) is 2. The van der Waals surface area contributed by atoms with Crippen molar-refractivity contribution in [3.63, 3.8) is 0 Å². The number of likely N-dealkylation sites (tertiary alicyclic amines) is 1. The van der Waals surface area contributed by atoms with Gasteiger partial charge in [0.1, 0.15) is 0 Å². The van der Waals surface area contributed by atoms with Gasteiger partial charge in [0.25, 0.3) is 0 Å². The third kappa shape index (κ3) is 4.62. The number of nitrogens with zero attached hydrogens (tertiary/aromatic N) is 1. The maximum absolute atomic E-state index is 10.5. The molecule has 0 aromatic rings. The van der Waals surface area contributed by atoms with E-state index in [0.717, 1.165) is 19.5 Å². The minimum absolute atomic E-state index is 0.200. The molecule has 2 unspecified atom stereocenters. The standard InChI is InChI=1S/C11H23N3O/c1-9-8-10(5-7-14(9)2)13-6-3-4-11(12)15/h9-10,13H,3-8H2,1-2H3,(H2,12,15). The van der Waals surface area contributed by atoms with Gasteiger partial charge in [-0.3, -0.25) is 4.79 Å². The van der Waals surface area contributed by atoms with E-state index in [1.54, 1.807) is 0 Å². The summed E-state index contributed by atoms with van der Waals surface area (Å²) in [5, 5.41) is 3.49. The van der Waals surface area contributed by atoms with Crippen molar-refractivity contribution in [2.24, 2.45) is 5.73 Å². The molecule has 15 heavy (non-hydrogen) atoms. The summed E-state index contributed by atoms with van der Waals surface area (Å²) in [5.74, 6) is -0.200. The van der Waals surface area contributed by atoms with Crippen LogP contribution in [0.4, 0.5) is 0 Å². The second-order valence-electron chi connectivity index (χ2n) is 4.57. The third-order valence-electron chi connectivity index (χ3n) is 3.24. The predicted octanol–water partition coefficient (Wildman–Crippen LogP) is 0.324. The highest BCUT2D eigenvalue weighted by Gasteiger charge is 2.21. The van der Waals surface area contributed by atoms with Gasteiger partial charge in [0.05, 0.1) is 0 Å². The van der Waals surface area contributed by atoms with E-state index in [1.807, 2.05) is 0 Å². The third-order valence-corrected chi connectivity index (χ3v) is 3.24. The first-order valence-corrected chi connectivity index (χ1v) is 5.81. The van der Waals surface area contributed by atoms with Crippen LogP contribution >= 0.6 is 0 Å². The number of nitrogens with two attached hydrogens (primary N) is 1. The van der Waals surface area contributed by atoms with Crippen molar-refractivity contribution in [1.82, 2.24) is 10.2 Å². The summed E-state index contributed by atoms with van der Waals surface area (Å²) in [6.45, 7) is 4.33. The zero-order chi connectivity index (χ0) is 11.3. The topological polar surface area (TPSA) is 58.4 Å². The van der Waals surface area contributed by atoms with E-state index in [-0.39, 0.29) is 5.91 Å². The molecule has 1 amide bonds. The molecule has 1 fully saturated rings. The fourth-order valence-electron chi connectivity index (χ4n) is 2.04. The first-order chi connectivity index (χ1) is 7.09. The molecule has 0 aromatic heterocycles. The quantitative estimate of drug-likeness (QED) is 0.647. The van der Waals surface area contributed by atoms with Crippen LogP contribution in [0.15, 0.2) is 0 Å². The van der Waals surface area contributed by atoms with Gasteiger partial charge in [-0.2, -0.15) is 0 Å². The van der Waals surface area contributed by atoms with Crippen molar-refractivity contribution in [2.45, 2.75) is 44.7 Å². The fourth-order valence-corrected chi connectivity index (χ4v) is 2.04. The molecule has 4 nitrogen and oxygen atoms in total. The minimum atomic E-state index is -0.200. The highest BCUT2D eigenvalue weighted by Crippen LogP contribution is 2.14. The Balaban J connectivity index is 2.09. The number of hydrogen-bond acceptors (Lipinski definition) is 3. The van der Waals surface area contributed by atoms with Crippen LogP contribution in [0, 0.1) is 0 Å². The Morgan fingerprint density at radius 3 is 2.93 bits per heavy atom. The molecule has 0 saturated carbocycles. The Hall–Kier alpha value is -0.610. The first-order valence-electron chi connectivity index (χ1n) is 5.81.